The zero-order valence-corrected chi connectivity index (χ0v) is 20.1. The quantitative estimate of drug-likeness (QED) is 0.336. The molecule has 0 unspecified atom stereocenters. The molecule has 1 amide bonds. The lowest BCUT2D eigenvalue weighted by molar-refractivity contribution is -0.123. The van der Waals surface area contributed by atoms with Crippen LogP contribution in [0, 0.1) is 6.92 Å². The molecule has 7 heteroatoms. The first kappa shape index (κ1) is 23.1. The highest BCUT2D eigenvalue weighted by Gasteiger charge is 2.18. The second kappa shape index (κ2) is 10.3. The zero-order chi connectivity index (χ0) is 24.9. The molecule has 3 aromatic carbocycles. The molecule has 2 heterocycles. The SMILES string of the molecule is COc1ccc(CNC(=O)COc2cc(C)c3c(-c4ccccc4)nn(-c4ccccc4)c3n2)cc1. The molecule has 5 rings (SSSR count). The number of nitrogens with one attached hydrogen (secondary N) is 1. The number of hydrogen-bond donors (Lipinski definition) is 1. The summed E-state index contributed by atoms with van der Waals surface area (Å²) in [5, 5.41) is 8.73. The van der Waals surface area contributed by atoms with Crippen LogP contribution in [0.25, 0.3) is 28.0 Å². The number of methoxy groups -OCH3 is 1. The van der Waals surface area contributed by atoms with Crippen LogP contribution in [0.15, 0.2) is 91.0 Å². The van der Waals surface area contributed by atoms with Gasteiger partial charge >= 0.3 is 0 Å². The number of nitrogens with zero attached hydrogens (tertiary/aromatic N) is 3. The Bertz CT molecular complexity index is 1480. The highest BCUT2D eigenvalue weighted by atomic mass is 16.5. The summed E-state index contributed by atoms with van der Waals surface area (Å²) < 4.78 is 12.8. The van der Waals surface area contributed by atoms with E-state index < -0.39 is 0 Å². The average molecular weight is 479 g/mol. The Balaban J connectivity index is 1.39. The van der Waals surface area contributed by atoms with Crippen LogP contribution in [-0.4, -0.2) is 34.4 Å². The molecule has 0 aliphatic carbocycles. The molecule has 1 N–H and O–H groups in total. The van der Waals surface area contributed by atoms with Gasteiger partial charge in [-0.2, -0.15) is 10.1 Å². The molecular weight excluding hydrogens is 452 g/mol. The van der Waals surface area contributed by atoms with Crippen molar-refractivity contribution < 1.29 is 14.3 Å². The zero-order valence-electron chi connectivity index (χ0n) is 20.1. The van der Waals surface area contributed by atoms with E-state index in [1.807, 2.05) is 103 Å². The van der Waals surface area contributed by atoms with Gasteiger partial charge in [-0.25, -0.2) is 4.68 Å². The van der Waals surface area contributed by atoms with Gasteiger partial charge in [0.2, 0.25) is 5.88 Å². The normalized spacial score (nSPS) is 10.8. The average Bonchev–Trinajstić information content (AvgIpc) is 3.32. The lowest BCUT2D eigenvalue weighted by Gasteiger charge is -2.09. The molecule has 0 fully saturated rings. The number of rotatable bonds is 8. The fraction of sp³-hybridized carbons (Fsp3) is 0.138. The first-order valence-corrected chi connectivity index (χ1v) is 11.7. The number of benzene rings is 3. The minimum Gasteiger partial charge on any atom is -0.497 e. The number of aryl methyl sites for hydroxylation is 1. The Morgan fingerprint density at radius 1 is 0.944 bits per heavy atom. The van der Waals surface area contributed by atoms with Crippen molar-refractivity contribution in [1.29, 1.82) is 0 Å². The summed E-state index contributed by atoms with van der Waals surface area (Å²) in [5.74, 6) is 0.915. The summed E-state index contributed by atoms with van der Waals surface area (Å²) in [5.41, 5.74) is 5.37. The molecule has 0 spiro atoms. The molecule has 0 aliphatic rings. The van der Waals surface area contributed by atoms with Gasteiger partial charge in [-0.3, -0.25) is 4.79 Å². The van der Waals surface area contributed by atoms with Gasteiger partial charge in [-0.05, 0) is 42.3 Å². The van der Waals surface area contributed by atoms with Crippen LogP contribution in [0.1, 0.15) is 11.1 Å². The third kappa shape index (κ3) is 4.90. The van der Waals surface area contributed by atoms with E-state index in [0.717, 1.165) is 39.2 Å². The second-order valence-electron chi connectivity index (χ2n) is 8.35. The maximum Gasteiger partial charge on any atom is 0.258 e. The third-order valence-corrected chi connectivity index (χ3v) is 5.86. The van der Waals surface area contributed by atoms with E-state index in [1.165, 1.54) is 0 Å². The summed E-state index contributed by atoms with van der Waals surface area (Å²) in [6, 6.07) is 29.3. The largest absolute Gasteiger partial charge is 0.497 e. The molecule has 180 valence electrons. The monoisotopic (exact) mass is 478 g/mol. The van der Waals surface area contributed by atoms with Gasteiger partial charge in [0.1, 0.15) is 11.4 Å². The molecule has 0 saturated carbocycles. The highest BCUT2D eigenvalue weighted by molar-refractivity contribution is 5.95. The molecule has 36 heavy (non-hydrogen) atoms. The van der Waals surface area contributed by atoms with Gasteiger partial charge in [0, 0.05) is 18.2 Å². The minimum atomic E-state index is -0.230. The first-order valence-electron chi connectivity index (χ1n) is 11.7. The predicted molar refractivity (Wildman–Crippen MR) is 139 cm³/mol. The van der Waals surface area contributed by atoms with Crippen LogP contribution >= 0.6 is 0 Å². The Morgan fingerprint density at radius 2 is 1.64 bits per heavy atom. The van der Waals surface area contributed by atoms with Crippen molar-refractivity contribution in [3.63, 3.8) is 0 Å². The van der Waals surface area contributed by atoms with Crippen molar-refractivity contribution >= 4 is 16.9 Å². The number of pyridine rings is 1. The van der Waals surface area contributed by atoms with E-state index in [0.29, 0.717) is 18.1 Å². The van der Waals surface area contributed by atoms with Gasteiger partial charge in [0.05, 0.1) is 18.2 Å². The van der Waals surface area contributed by atoms with Gasteiger partial charge in [-0.15, -0.1) is 0 Å². The van der Waals surface area contributed by atoms with Crippen LogP contribution in [0.2, 0.25) is 0 Å². The van der Waals surface area contributed by atoms with Crippen LogP contribution in [-0.2, 0) is 11.3 Å². The topological polar surface area (TPSA) is 78.3 Å². The van der Waals surface area contributed by atoms with Crippen molar-refractivity contribution in [1.82, 2.24) is 20.1 Å². The van der Waals surface area contributed by atoms with E-state index in [1.54, 1.807) is 7.11 Å². The van der Waals surface area contributed by atoms with Gasteiger partial charge in [0.25, 0.3) is 5.91 Å². The Hall–Kier alpha value is -4.65. The van der Waals surface area contributed by atoms with Crippen molar-refractivity contribution in [2.45, 2.75) is 13.5 Å². The number of para-hydroxylation sites is 1. The molecule has 5 aromatic rings. The molecule has 0 radical (unpaired) electrons. The predicted octanol–water partition coefficient (Wildman–Crippen LogP) is 5.10. The Kier molecular flexibility index (Phi) is 6.62. The van der Waals surface area contributed by atoms with Crippen molar-refractivity contribution in [3.05, 3.63) is 102 Å². The van der Waals surface area contributed by atoms with Gasteiger partial charge < -0.3 is 14.8 Å². The van der Waals surface area contributed by atoms with E-state index in [-0.39, 0.29) is 12.5 Å². The summed E-state index contributed by atoms with van der Waals surface area (Å²) in [6.45, 7) is 2.27. The van der Waals surface area contributed by atoms with Crippen LogP contribution in [0.4, 0.5) is 0 Å². The second-order valence-corrected chi connectivity index (χ2v) is 8.35. The molecular formula is C29H26N4O3. The van der Waals surface area contributed by atoms with Crippen molar-refractivity contribution in [3.8, 4) is 28.6 Å². The molecule has 0 atom stereocenters. The summed E-state index contributed by atoms with van der Waals surface area (Å²) in [6.07, 6.45) is 0. The standard InChI is InChI=1S/C29H26N4O3/c1-20-17-26(36-19-25(34)30-18-21-13-15-24(35-2)16-14-21)31-29-27(20)28(22-9-5-3-6-10-22)32-33(29)23-11-7-4-8-12-23/h3-17H,18-19H2,1-2H3,(H,30,34). The summed E-state index contributed by atoms with van der Waals surface area (Å²) in [4.78, 5) is 17.2. The van der Waals surface area contributed by atoms with E-state index in [4.69, 9.17) is 19.6 Å². The number of aromatic nitrogens is 3. The maximum absolute atomic E-state index is 12.4. The van der Waals surface area contributed by atoms with Crippen LogP contribution < -0.4 is 14.8 Å². The van der Waals surface area contributed by atoms with E-state index in [2.05, 4.69) is 5.32 Å². The molecule has 0 bridgehead atoms. The van der Waals surface area contributed by atoms with E-state index in [9.17, 15) is 4.79 Å². The maximum atomic E-state index is 12.4. The van der Waals surface area contributed by atoms with Crippen LogP contribution in [0.3, 0.4) is 0 Å². The fourth-order valence-corrected chi connectivity index (χ4v) is 4.03. The highest BCUT2D eigenvalue weighted by Crippen LogP contribution is 2.33. The smallest absolute Gasteiger partial charge is 0.258 e. The lowest BCUT2D eigenvalue weighted by Crippen LogP contribution is -2.28. The van der Waals surface area contributed by atoms with Gasteiger partial charge in [-0.1, -0.05) is 60.7 Å². The third-order valence-electron chi connectivity index (χ3n) is 5.86. The minimum absolute atomic E-state index is 0.140. The first-order chi connectivity index (χ1) is 17.6. The number of carbonyl (C=O) groups excluding carboxylic acids is 1. The molecule has 0 saturated heterocycles. The lowest BCUT2D eigenvalue weighted by atomic mass is 10.1. The Morgan fingerprint density at radius 3 is 2.33 bits per heavy atom. The van der Waals surface area contributed by atoms with E-state index >= 15 is 0 Å². The molecule has 2 aromatic heterocycles. The number of amides is 1. The number of fused-ring (bicyclic) bond motifs is 1. The molecule has 7 nitrogen and oxygen atoms in total. The summed E-state index contributed by atoms with van der Waals surface area (Å²) in [7, 11) is 1.62. The fourth-order valence-electron chi connectivity index (χ4n) is 4.03. The number of ether oxygens (including phenoxy) is 2. The number of carbonyl (C=O) groups is 1. The van der Waals surface area contributed by atoms with Gasteiger partial charge in [0.15, 0.2) is 12.3 Å². The summed E-state index contributed by atoms with van der Waals surface area (Å²) >= 11 is 0. The number of hydrogen-bond acceptors (Lipinski definition) is 5. The molecule has 0 aliphatic heterocycles. The van der Waals surface area contributed by atoms with Crippen LogP contribution in [0.5, 0.6) is 11.6 Å². The Labute approximate surface area is 209 Å². The van der Waals surface area contributed by atoms with Crippen molar-refractivity contribution in [2.75, 3.05) is 13.7 Å². The van der Waals surface area contributed by atoms with Crippen molar-refractivity contribution in [2.24, 2.45) is 0 Å².